The highest BCUT2D eigenvalue weighted by Gasteiger charge is 2.13. The quantitative estimate of drug-likeness (QED) is 0.562. The zero-order valence-corrected chi connectivity index (χ0v) is 17.0. The number of nitrogens with zero attached hydrogens (tertiary/aromatic N) is 3. The van der Waals surface area contributed by atoms with E-state index in [4.69, 9.17) is 4.74 Å². The zero-order chi connectivity index (χ0) is 20.0. The van der Waals surface area contributed by atoms with Crippen LogP contribution < -0.4 is 10.2 Å². The number of rotatable bonds is 5. The molecule has 0 bridgehead atoms. The summed E-state index contributed by atoms with van der Waals surface area (Å²) < 4.78 is 10.1. The summed E-state index contributed by atoms with van der Waals surface area (Å²) in [5, 5.41) is 5.46. The van der Waals surface area contributed by atoms with Gasteiger partial charge in [0.1, 0.15) is 18.0 Å². The van der Waals surface area contributed by atoms with Crippen LogP contribution in [0.4, 0.5) is 0 Å². The fourth-order valence-corrected chi connectivity index (χ4v) is 3.73. The first-order chi connectivity index (χ1) is 13.3. The predicted octanol–water partition coefficient (Wildman–Crippen LogP) is 4.34. The first-order valence-electron chi connectivity index (χ1n) is 9.66. The second kappa shape index (κ2) is 6.86. The molecular weight excluding hydrogens is 352 g/mol. The van der Waals surface area contributed by atoms with Gasteiger partial charge in [0.05, 0.1) is 17.4 Å². The molecule has 6 heteroatoms. The van der Waals surface area contributed by atoms with E-state index in [-0.39, 0.29) is 11.3 Å². The number of hydrogen-bond donors (Lipinski definition) is 1. The van der Waals surface area contributed by atoms with Crippen LogP contribution in [0, 0.1) is 0 Å². The van der Waals surface area contributed by atoms with Crippen molar-refractivity contribution >= 4 is 16.6 Å². The van der Waals surface area contributed by atoms with Crippen molar-refractivity contribution in [3.05, 3.63) is 63.8 Å². The third kappa shape index (κ3) is 3.19. The van der Waals surface area contributed by atoms with Gasteiger partial charge in [0.25, 0.3) is 0 Å². The molecule has 28 heavy (non-hydrogen) atoms. The van der Waals surface area contributed by atoms with Crippen molar-refractivity contribution in [1.82, 2.24) is 19.2 Å². The number of aryl methyl sites for hydroxylation is 1. The SMILES string of the molecule is CC(C)c1cc(OCc2cn3c(C(C)C)cc(=O)cc3[nH]2)cc2cnn(C)c12. The fourth-order valence-electron chi connectivity index (χ4n) is 3.73. The third-order valence-electron chi connectivity index (χ3n) is 5.12. The van der Waals surface area contributed by atoms with E-state index in [1.807, 2.05) is 34.6 Å². The van der Waals surface area contributed by atoms with E-state index in [0.29, 0.717) is 12.5 Å². The topological polar surface area (TPSA) is 64.3 Å². The summed E-state index contributed by atoms with van der Waals surface area (Å²) in [6, 6.07) is 7.44. The first-order valence-corrected chi connectivity index (χ1v) is 9.66. The van der Waals surface area contributed by atoms with E-state index in [9.17, 15) is 4.79 Å². The molecule has 0 spiro atoms. The maximum Gasteiger partial charge on any atom is 0.184 e. The smallest absolute Gasteiger partial charge is 0.184 e. The Balaban J connectivity index is 1.66. The van der Waals surface area contributed by atoms with Crippen LogP contribution in [0.15, 0.2) is 41.5 Å². The number of H-pyrrole nitrogens is 1. The number of nitrogens with one attached hydrogen (secondary N) is 1. The molecule has 3 aromatic heterocycles. The van der Waals surface area contributed by atoms with Gasteiger partial charge in [-0.25, -0.2) is 0 Å². The summed E-state index contributed by atoms with van der Waals surface area (Å²) in [6.45, 7) is 8.92. The van der Waals surface area contributed by atoms with Crippen molar-refractivity contribution in [3.8, 4) is 5.75 Å². The van der Waals surface area contributed by atoms with Gasteiger partial charge < -0.3 is 14.1 Å². The highest BCUT2D eigenvalue weighted by Crippen LogP contribution is 2.30. The van der Waals surface area contributed by atoms with Gasteiger partial charge in [-0.15, -0.1) is 0 Å². The molecule has 0 amide bonds. The second-order valence-electron chi connectivity index (χ2n) is 7.97. The minimum absolute atomic E-state index is 0.0154. The fraction of sp³-hybridized carbons (Fsp3) is 0.364. The van der Waals surface area contributed by atoms with Gasteiger partial charge in [-0.1, -0.05) is 27.7 Å². The Morgan fingerprint density at radius 3 is 2.61 bits per heavy atom. The van der Waals surface area contributed by atoms with E-state index in [1.165, 1.54) is 5.56 Å². The number of aromatic amines is 1. The van der Waals surface area contributed by atoms with Crippen LogP contribution in [0.3, 0.4) is 0 Å². The molecule has 1 aromatic carbocycles. The van der Waals surface area contributed by atoms with Crippen molar-refractivity contribution in [2.75, 3.05) is 0 Å². The molecule has 0 aliphatic heterocycles. The van der Waals surface area contributed by atoms with Gasteiger partial charge in [-0.2, -0.15) is 5.10 Å². The Bertz CT molecular complexity index is 1210. The van der Waals surface area contributed by atoms with E-state index >= 15 is 0 Å². The average molecular weight is 378 g/mol. The molecule has 0 radical (unpaired) electrons. The lowest BCUT2D eigenvalue weighted by Crippen LogP contribution is -2.07. The Morgan fingerprint density at radius 2 is 1.89 bits per heavy atom. The molecule has 0 saturated carbocycles. The van der Waals surface area contributed by atoms with E-state index < -0.39 is 0 Å². The molecule has 146 valence electrons. The minimum Gasteiger partial charge on any atom is -0.487 e. The van der Waals surface area contributed by atoms with Gasteiger partial charge >= 0.3 is 0 Å². The van der Waals surface area contributed by atoms with E-state index in [2.05, 4.69) is 43.8 Å². The normalized spacial score (nSPS) is 12.0. The standard InChI is InChI=1S/C22H26N4O2/c1-13(2)19-9-18(6-15-10-23-25(5)22(15)19)28-12-16-11-26-20(14(3)4)7-17(27)8-21(26)24-16/h6-11,13-14,24H,12H2,1-5H3. The molecule has 3 heterocycles. The molecule has 0 fully saturated rings. The molecular formula is C22H26N4O2. The summed E-state index contributed by atoms with van der Waals surface area (Å²) in [5.74, 6) is 1.45. The van der Waals surface area contributed by atoms with Crippen LogP contribution in [0.25, 0.3) is 16.6 Å². The molecule has 4 rings (SSSR count). The summed E-state index contributed by atoms with van der Waals surface area (Å²) in [4.78, 5) is 15.3. The van der Waals surface area contributed by atoms with Crippen molar-refractivity contribution in [1.29, 1.82) is 0 Å². The highest BCUT2D eigenvalue weighted by molar-refractivity contribution is 5.84. The van der Waals surface area contributed by atoms with E-state index in [0.717, 1.165) is 33.7 Å². The van der Waals surface area contributed by atoms with E-state index in [1.54, 1.807) is 12.1 Å². The second-order valence-corrected chi connectivity index (χ2v) is 7.97. The van der Waals surface area contributed by atoms with Gasteiger partial charge in [-0.05, 0) is 29.5 Å². The Morgan fingerprint density at radius 1 is 1.11 bits per heavy atom. The molecule has 1 N–H and O–H groups in total. The van der Waals surface area contributed by atoms with Crippen LogP contribution >= 0.6 is 0 Å². The lowest BCUT2D eigenvalue weighted by molar-refractivity contribution is 0.302. The Hall–Kier alpha value is -3.02. The lowest BCUT2D eigenvalue weighted by Gasteiger charge is -2.12. The first kappa shape index (κ1) is 18.3. The van der Waals surface area contributed by atoms with Crippen molar-refractivity contribution in [2.24, 2.45) is 7.05 Å². The molecule has 0 saturated heterocycles. The van der Waals surface area contributed by atoms with Gasteiger partial charge in [-0.3, -0.25) is 9.48 Å². The zero-order valence-electron chi connectivity index (χ0n) is 17.0. The van der Waals surface area contributed by atoms with Crippen LogP contribution in [0.1, 0.15) is 56.5 Å². The summed E-state index contributed by atoms with van der Waals surface area (Å²) >= 11 is 0. The van der Waals surface area contributed by atoms with Crippen molar-refractivity contribution in [2.45, 2.75) is 46.1 Å². The van der Waals surface area contributed by atoms with Crippen molar-refractivity contribution in [3.63, 3.8) is 0 Å². The number of fused-ring (bicyclic) bond motifs is 2. The summed E-state index contributed by atoms with van der Waals surface area (Å²) in [5.41, 5.74) is 5.08. The largest absolute Gasteiger partial charge is 0.487 e. The number of benzene rings is 1. The Labute approximate surface area is 163 Å². The van der Waals surface area contributed by atoms with Crippen LogP contribution in [-0.2, 0) is 13.7 Å². The Kier molecular flexibility index (Phi) is 4.49. The molecule has 0 aliphatic rings. The van der Waals surface area contributed by atoms with Gasteiger partial charge in [0.2, 0.25) is 0 Å². The third-order valence-corrected chi connectivity index (χ3v) is 5.12. The maximum absolute atomic E-state index is 12.0. The number of aromatic nitrogens is 4. The van der Waals surface area contributed by atoms with Crippen LogP contribution in [0.5, 0.6) is 5.75 Å². The molecule has 0 unspecified atom stereocenters. The number of hydrogen-bond acceptors (Lipinski definition) is 3. The lowest BCUT2D eigenvalue weighted by atomic mass is 10.00. The van der Waals surface area contributed by atoms with Crippen LogP contribution in [0.2, 0.25) is 0 Å². The maximum atomic E-state index is 12.0. The monoisotopic (exact) mass is 378 g/mol. The van der Waals surface area contributed by atoms with Gasteiger partial charge in [0, 0.05) is 36.5 Å². The van der Waals surface area contributed by atoms with Gasteiger partial charge in [0.15, 0.2) is 5.43 Å². The number of ether oxygens (including phenoxy) is 1. The highest BCUT2D eigenvalue weighted by atomic mass is 16.5. The summed E-state index contributed by atoms with van der Waals surface area (Å²) in [6.07, 6.45) is 3.88. The summed E-state index contributed by atoms with van der Waals surface area (Å²) in [7, 11) is 1.97. The minimum atomic E-state index is 0.0154. The van der Waals surface area contributed by atoms with Crippen LogP contribution in [-0.4, -0.2) is 19.2 Å². The molecule has 0 atom stereocenters. The number of pyridine rings is 1. The predicted molar refractivity (Wildman–Crippen MR) is 111 cm³/mol. The number of imidazole rings is 1. The molecule has 6 nitrogen and oxygen atoms in total. The molecule has 0 aliphatic carbocycles. The van der Waals surface area contributed by atoms with Crippen molar-refractivity contribution < 1.29 is 4.74 Å². The average Bonchev–Trinajstić information content (AvgIpc) is 3.21. The molecule has 4 aromatic rings.